The van der Waals surface area contributed by atoms with Gasteiger partial charge in [0.15, 0.2) is 0 Å². The molecule has 3 aromatic carbocycles. The number of hydrogen-bond acceptors (Lipinski definition) is 2. The standard InChI is InChI=1S/C31H37NO/c1-4-33-23-31(22-32-21-24(2)3)20-28(19-26-14-9-6-10-15-26)30-27(16-11-17-29(30)31)18-25-12-7-5-8-13-25/h5-17,20,24,32H,4,18-19,21-23H2,1-3H3. The Morgan fingerprint density at radius 3 is 2.12 bits per heavy atom. The van der Waals surface area contributed by atoms with Gasteiger partial charge in [-0.05, 0) is 65.6 Å². The third-order valence-electron chi connectivity index (χ3n) is 6.49. The second-order valence-corrected chi connectivity index (χ2v) is 9.65. The van der Waals surface area contributed by atoms with Crippen molar-refractivity contribution < 1.29 is 4.74 Å². The molecule has 2 nitrogen and oxygen atoms in total. The van der Waals surface area contributed by atoms with Crippen molar-refractivity contribution in [1.29, 1.82) is 0 Å². The summed E-state index contributed by atoms with van der Waals surface area (Å²) in [5.74, 6) is 0.618. The Balaban J connectivity index is 1.77. The van der Waals surface area contributed by atoms with E-state index in [-0.39, 0.29) is 5.41 Å². The molecule has 0 spiro atoms. The SMILES string of the molecule is CCOCC1(CNCC(C)C)C=C(Cc2ccccc2)c2c(Cc3ccccc3)cccc21. The maximum Gasteiger partial charge on any atom is 0.0610 e. The summed E-state index contributed by atoms with van der Waals surface area (Å²) in [7, 11) is 0. The van der Waals surface area contributed by atoms with Crippen LogP contribution in [-0.4, -0.2) is 26.3 Å². The molecular weight excluding hydrogens is 402 g/mol. The zero-order valence-electron chi connectivity index (χ0n) is 20.3. The third-order valence-corrected chi connectivity index (χ3v) is 6.49. The maximum atomic E-state index is 6.11. The normalized spacial score (nSPS) is 17.3. The van der Waals surface area contributed by atoms with Crippen molar-refractivity contribution in [2.75, 3.05) is 26.3 Å². The lowest BCUT2D eigenvalue weighted by atomic mass is 9.81. The molecule has 0 aliphatic heterocycles. The number of nitrogens with one attached hydrogen (secondary N) is 1. The zero-order valence-corrected chi connectivity index (χ0v) is 20.3. The van der Waals surface area contributed by atoms with Crippen LogP contribution in [-0.2, 0) is 23.0 Å². The molecule has 33 heavy (non-hydrogen) atoms. The van der Waals surface area contributed by atoms with E-state index in [1.165, 1.54) is 33.4 Å². The van der Waals surface area contributed by atoms with E-state index in [1.807, 2.05) is 0 Å². The molecule has 0 bridgehead atoms. The highest BCUT2D eigenvalue weighted by Gasteiger charge is 2.39. The Morgan fingerprint density at radius 1 is 0.818 bits per heavy atom. The predicted octanol–water partition coefficient (Wildman–Crippen LogP) is 6.44. The zero-order chi connectivity index (χ0) is 23.1. The molecule has 0 saturated carbocycles. The van der Waals surface area contributed by atoms with Crippen LogP contribution < -0.4 is 5.32 Å². The molecule has 1 unspecified atom stereocenters. The fourth-order valence-electron chi connectivity index (χ4n) is 4.98. The van der Waals surface area contributed by atoms with Crippen molar-refractivity contribution >= 4 is 5.57 Å². The van der Waals surface area contributed by atoms with Crippen LogP contribution in [0.4, 0.5) is 0 Å². The van der Waals surface area contributed by atoms with Crippen LogP contribution in [0.15, 0.2) is 84.9 Å². The summed E-state index contributed by atoms with van der Waals surface area (Å²) in [5.41, 5.74) is 8.23. The third kappa shape index (κ3) is 5.63. The van der Waals surface area contributed by atoms with Gasteiger partial charge < -0.3 is 10.1 Å². The Kier molecular flexibility index (Phi) is 7.80. The van der Waals surface area contributed by atoms with Gasteiger partial charge in [-0.25, -0.2) is 0 Å². The van der Waals surface area contributed by atoms with E-state index >= 15 is 0 Å². The first kappa shape index (κ1) is 23.5. The summed E-state index contributed by atoms with van der Waals surface area (Å²) in [6.45, 7) is 9.95. The molecule has 3 aromatic rings. The summed E-state index contributed by atoms with van der Waals surface area (Å²) in [6.07, 6.45) is 4.40. The first-order valence-corrected chi connectivity index (χ1v) is 12.3. The van der Waals surface area contributed by atoms with Crippen molar-refractivity contribution in [1.82, 2.24) is 5.32 Å². The molecule has 172 valence electrons. The molecule has 2 heteroatoms. The van der Waals surface area contributed by atoms with Crippen molar-refractivity contribution in [2.24, 2.45) is 5.92 Å². The van der Waals surface area contributed by atoms with Gasteiger partial charge in [0.2, 0.25) is 0 Å². The maximum absolute atomic E-state index is 6.11. The monoisotopic (exact) mass is 439 g/mol. The van der Waals surface area contributed by atoms with Gasteiger partial charge in [0.1, 0.15) is 0 Å². The Bertz CT molecular complexity index is 1050. The van der Waals surface area contributed by atoms with Crippen molar-refractivity contribution in [3.8, 4) is 0 Å². The summed E-state index contributed by atoms with van der Waals surface area (Å²) in [5, 5.41) is 3.75. The fraction of sp³-hybridized carbons (Fsp3) is 0.355. The minimum Gasteiger partial charge on any atom is -0.380 e. The average molecular weight is 440 g/mol. The Hall–Kier alpha value is -2.68. The summed E-state index contributed by atoms with van der Waals surface area (Å²) >= 11 is 0. The second-order valence-electron chi connectivity index (χ2n) is 9.65. The Labute approximate surface area is 199 Å². The molecule has 1 aliphatic rings. The van der Waals surface area contributed by atoms with E-state index in [9.17, 15) is 0 Å². The van der Waals surface area contributed by atoms with Crippen LogP contribution >= 0.6 is 0 Å². The van der Waals surface area contributed by atoms with E-state index in [4.69, 9.17) is 4.74 Å². The highest BCUT2D eigenvalue weighted by Crippen LogP contribution is 2.44. The second kappa shape index (κ2) is 11.0. The number of hydrogen-bond donors (Lipinski definition) is 1. The molecule has 1 aliphatic carbocycles. The van der Waals surface area contributed by atoms with Gasteiger partial charge in [-0.3, -0.25) is 0 Å². The molecule has 0 saturated heterocycles. The van der Waals surface area contributed by atoms with Crippen LogP contribution in [0.3, 0.4) is 0 Å². The number of benzene rings is 3. The van der Waals surface area contributed by atoms with E-state index in [1.54, 1.807) is 0 Å². The summed E-state index contributed by atoms with van der Waals surface area (Å²) in [4.78, 5) is 0. The molecular formula is C31H37NO. The van der Waals surface area contributed by atoms with Crippen LogP contribution in [0.5, 0.6) is 0 Å². The number of fused-ring (bicyclic) bond motifs is 1. The molecule has 0 heterocycles. The van der Waals surface area contributed by atoms with Gasteiger partial charge in [0, 0.05) is 13.2 Å². The first-order valence-electron chi connectivity index (χ1n) is 12.3. The Morgan fingerprint density at radius 2 is 1.48 bits per heavy atom. The quantitative estimate of drug-likeness (QED) is 0.371. The van der Waals surface area contributed by atoms with Crippen LogP contribution in [0.1, 0.15) is 48.6 Å². The topological polar surface area (TPSA) is 21.3 Å². The van der Waals surface area contributed by atoms with E-state index < -0.39 is 0 Å². The summed E-state index contributed by atoms with van der Waals surface area (Å²) < 4.78 is 6.11. The van der Waals surface area contributed by atoms with Crippen LogP contribution in [0.25, 0.3) is 5.57 Å². The minimum absolute atomic E-state index is 0.142. The molecule has 0 fully saturated rings. The largest absolute Gasteiger partial charge is 0.380 e. The molecule has 0 radical (unpaired) electrons. The van der Waals surface area contributed by atoms with Gasteiger partial charge in [0.25, 0.3) is 0 Å². The molecule has 0 amide bonds. The van der Waals surface area contributed by atoms with Gasteiger partial charge in [-0.2, -0.15) is 0 Å². The molecule has 4 rings (SSSR count). The highest BCUT2D eigenvalue weighted by atomic mass is 16.5. The van der Waals surface area contributed by atoms with Crippen molar-refractivity contribution in [2.45, 2.75) is 39.0 Å². The van der Waals surface area contributed by atoms with Crippen molar-refractivity contribution in [3.63, 3.8) is 0 Å². The number of allylic oxidation sites excluding steroid dienone is 1. The van der Waals surface area contributed by atoms with Gasteiger partial charge >= 0.3 is 0 Å². The number of ether oxygens (including phenoxy) is 1. The molecule has 0 aromatic heterocycles. The van der Waals surface area contributed by atoms with Crippen molar-refractivity contribution in [3.05, 3.63) is 113 Å². The minimum atomic E-state index is -0.142. The first-order chi connectivity index (χ1) is 16.1. The highest BCUT2D eigenvalue weighted by molar-refractivity contribution is 5.80. The van der Waals surface area contributed by atoms with Gasteiger partial charge in [0.05, 0.1) is 12.0 Å². The van der Waals surface area contributed by atoms with E-state index in [0.29, 0.717) is 12.5 Å². The number of rotatable bonds is 11. The summed E-state index contributed by atoms with van der Waals surface area (Å²) in [6, 6.07) is 28.5. The predicted molar refractivity (Wildman–Crippen MR) is 140 cm³/mol. The van der Waals surface area contributed by atoms with Crippen LogP contribution in [0, 0.1) is 5.92 Å². The lowest BCUT2D eigenvalue weighted by molar-refractivity contribution is 0.109. The van der Waals surface area contributed by atoms with Gasteiger partial charge in [-0.1, -0.05) is 98.8 Å². The smallest absolute Gasteiger partial charge is 0.0610 e. The molecule has 1 N–H and O–H groups in total. The lowest BCUT2D eigenvalue weighted by Crippen LogP contribution is -2.41. The van der Waals surface area contributed by atoms with E-state index in [0.717, 1.165) is 32.5 Å². The lowest BCUT2D eigenvalue weighted by Gasteiger charge is -2.30. The van der Waals surface area contributed by atoms with Crippen LogP contribution in [0.2, 0.25) is 0 Å². The van der Waals surface area contributed by atoms with E-state index in [2.05, 4.69) is 111 Å². The average Bonchev–Trinajstić information content (AvgIpc) is 3.13. The fourth-order valence-corrected chi connectivity index (χ4v) is 4.98. The van der Waals surface area contributed by atoms with Gasteiger partial charge in [-0.15, -0.1) is 0 Å². The molecule has 1 atom stereocenters.